The molecular weight excluding hydrogens is 334 g/mol. The highest BCUT2D eigenvalue weighted by Crippen LogP contribution is 2.40. The number of amides is 2. The van der Waals surface area contributed by atoms with Gasteiger partial charge in [0.1, 0.15) is 5.69 Å². The van der Waals surface area contributed by atoms with Crippen LogP contribution in [-0.2, 0) is 11.2 Å². The molecule has 1 aliphatic carbocycles. The van der Waals surface area contributed by atoms with Crippen molar-refractivity contribution < 1.29 is 14.3 Å². The molecule has 26 heavy (non-hydrogen) atoms. The molecule has 0 unspecified atom stereocenters. The molecule has 1 fully saturated rings. The summed E-state index contributed by atoms with van der Waals surface area (Å²) in [4.78, 5) is 25.3. The lowest BCUT2D eigenvalue weighted by Gasteiger charge is -2.27. The number of hydrazine groups is 1. The molecule has 0 spiro atoms. The van der Waals surface area contributed by atoms with E-state index in [9.17, 15) is 9.59 Å². The van der Waals surface area contributed by atoms with Gasteiger partial charge < -0.3 is 10.1 Å². The minimum atomic E-state index is -0.368. The van der Waals surface area contributed by atoms with Crippen LogP contribution in [0.5, 0.6) is 0 Å². The smallest absolute Gasteiger partial charge is 0.333 e. The molecule has 0 atom stereocenters. The van der Waals surface area contributed by atoms with Gasteiger partial charge in [-0.25, -0.2) is 9.80 Å². The Balaban J connectivity index is 1.57. The number of aromatic nitrogens is 2. The molecule has 2 heterocycles. The number of aryl methyl sites for hydroxylation is 1. The summed E-state index contributed by atoms with van der Waals surface area (Å²) in [5.74, 6) is -0.0885. The zero-order valence-electron chi connectivity index (χ0n) is 14.6. The second-order valence-corrected chi connectivity index (χ2v) is 6.40. The third-order valence-corrected chi connectivity index (χ3v) is 4.63. The number of nitrogens with one attached hydrogen (secondary N) is 3. The van der Waals surface area contributed by atoms with Crippen LogP contribution in [0.15, 0.2) is 18.2 Å². The molecule has 1 aliphatic heterocycles. The minimum Gasteiger partial charge on any atom is -0.379 e. The molecule has 1 aromatic heterocycles. The molecule has 4 rings (SSSR count). The second-order valence-electron chi connectivity index (χ2n) is 6.40. The van der Waals surface area contributed by atoms with Crippen molar-refractivity contribution in [2.45, 2.75) is 19.8 Å². The van der Waals surface area contributed by atoms with E-state index < -0.39 is 0 Å². The fourth-order valence-electron chi connectivity index (χ4n) is 3.44. The van der Waals surface area contributed by atoms with E-state index in [-0.39, 0.29) is 11.8 Å². The predicted molar refractivity (Wildman–Crippen MR) is 96.0 cm³/mol. The topological polar surface area (TPSA) is 99.3 Å². The van der Waals surface area contributed by atoms with Gasteiger partial charge in [-0.05, 0) is 12.5 Å². The number of fused-ring (bicyclic) bond motifs is 3. The monoisotopic (exact) mass is 355 g/mol. The van der Waals surface area contributed by atoms with E-state index in [4.69, 9.17) is 4.74 Å². The van der Waals surface area contributed by atoms with Crippen LogP contribution in [0.4, 0.5) is 10.5 Å². The van der Waals surface area contributed by atoms with Crippen molar-refractivity contribution in [2.75, 3.05) is 31.6 Å². The summed E-state index contributed by atoms with van der Waals surface area (Å²) in [5, 5.41) is 11.9. The first-order valence-corrected chi connectivity index (χ1v) is 8.84. The standard InChI is InChI=1S/C18H21N5O3/c1-2-4-13-15-16(21-20-13)11-5-3-6-12(14(11)17(15)24)19-18(25)22-23-7-9-26-10-8-23/h3,5-6H,2,4,7-10H2,1H3,(H,20,21)(H2,19,22,25). The van der Waals surface area contributed by atoms with Crippen LogP contribution in [0, 0.1) is 0 Å². The summed E-state index contributed by atoms with van der Waals surface area (Å²) < 4.78 is 5.26. The lowest BCUT2D eigenvalue weighted by molar-refractivity contribution is 0.0207. The van der Waals surface area contributed by atoms with Gasteiger partial charge in [0.05, 0.1) is 30.0 Å². The SMILES string of the molecule is CCCc1[nH]nc2c1C(=O)c1c(NC(=O)NN3CCOCC3)cccc1-2. The van der Waals surface area contributed by atoms with Gasteiger partial charge in [-0.2, -0.15) is 5.10 Å². The van der Waals surface area contributed by atoms with E-state index in [2.05, 4.69) is 27.9 Å². The van der Waals surface area contributed by atoms with Gasteiger partial charge in [0.2, 0.25) is 0 Å². The summed E-state index contributed by atoms with van der Waals surface area (Å²) in [6.45, 7) is 4.49. The first kappa shape index (κ1) is 16.7. The van der Waals surface area contributed by atoms with Crippen LogP contribution in [0.25, 0.3) is 11.3 Å². The lowest BCUT2D eigenvalue weighted by atomic mass is 10.1. The highest BCUT2D eigenvalue weighted by atomic mass is 16.5. The molecule has 1 saturated heterocycles. The molecule has 8 heteroatoms. The van der Waals surface area contributed by atoms with E-state index in [0.29, 0.717) is 48.8 Å². The van der Waals surface area contributed by atoms with Gasteiger partial charge in [0.25, 0.3) is 0 Å². The number of anilines is 1. The zero-order chi connectivity index (χ0) is 18.1. The molecule has 0 saturated carbocycles. The summed E-state index contributed by atoms with van der Waals surface area (Å²) in [6, 6.07) is 5.05. The third kappa shape index (κ3) is 2.87. The molecule has 136 valence electrons. The highest BCUT2D eigenvalue weighted by molar-refractivity contribution is 6.25. The summed E-state index contributed by atoms with van der Waals surface area (Å²) >= 11 is 0. The van der Waals surface area contributed by atoms with E-state index >= 15 is 0 Å². The lowest BCUT2D eigenvalue weighted by Crippen LogP contribution is -2.49. The number of carbonyl (C=O) groups excluding carboxylic acids is 2. The highest BCUT2D eigenvalue weighted by Gasteiger charge is 2.34. The van der Waals surface area contributed by atoms with Crippen LogP contribution >= 0.6 is 0 Å². The van der Waals surface area contributed by atoms with Crippen molar-refractivity contribution in [2.24, 2.45) is 0 Å². The number of rotatable bonds is 4. The average molecular weight is 355 g/mol. The first-order chi connectivity index (χ1) is 12.7. The minimum absolute atomic E-state index is 0.0885. The van der Waals surface area contributed by atoms with Gasteiger partial charge in [-0.15, -0.1) is 0 Å². The maximum atomic E-state index is 13.0. The molecule has 1 aromatic carbocycles. The van der Waals surface area contributed by atoms with Crippen LogP contribution in [0.3, 0.4) is 0 Å². The van der Waals surface area contributed by atoms with Crippen molar-refractivity contribution in [3.8, 4) is 11.3 Å². The number of hydrogen-bond acceptors (Lipinski definition) is 5. The number of morpholine rings is 1. The van der Waals surface area contributed by atoms with E-state index in [1.54, 1.807) is 11.1 Å². The molecule has 3 N–H and O–H groups in total. The maximum Gasteiger partial charge on any atom is 0.333 e. The van der Waals surface area contributed by atoms with Crippen molar-refractivity contribution in [3.05, 3.63) is 35.0 Å². The van der Waals surface area contributed by atoms with E-state index in [1.807, 2.05) is 12.1 Å². The number of urea groups is 1. The fourth-order valence-corrected chi connectivity index (χ4v) is 3.44. The number of ketones is 1. The molecule has 2 aliphatic rings. The second kappa shape index (κ2) is 6.89. The number of ether oxygens (including phenoxy) is 1. The van der Waals surface area contributed by atoms with Crippen LogP contribution in [-0.4, -0.2) is 53.3 Å². The van der Waals surface area contributed by atoms with Crippen molar-refractivity contribution >= 4 is 17.5 Å². The predicted octanol–water partition coefficient (Wildman–Crippen LogP) is 1.94. The number of benzene rings is 1. The van der Waals surface area contributed by atoms with Gasteiger partial charge in [0.15, 0.2) is 5.78 Å². The molecule has 2 amide bonds. The average Bonchev–Trinajstić information content (AvgIpc) is 3.17. The van der Waals surface area contributed by atoms with Gasteiger partial charge >= 0.3 is 6.03 Å². The molecule has 8 nitrogen and oxygen atoms in total. The van der Waals surface area contributed by atoms with Crippen LogP contribution in [0.2, 0.25) is 0 Å². The first-order valence-electron chi connectivity index (χ1n) is 8.84. The Labute approximate surface area is 150 Å². The van der Waals surface area contributed by atoms with Gasteiger partial charge in [-0.1, -0.05) is 25.5 Å². The number of nitrogens with zero attached hydrogens (tertiary/aromatic N) is 2. The largest absolute Gasteiger partial charge is 0.379 e. The van der Waals surface area contributed by atoms with Crippen molar-refractivity contribution in [1.82, 2.24) is 20.6 Å². The summed E-state index contributed by atoms with van der Waals surface area (Å²) in [7, 11) is 0. The Kier molecular flexibility index (Phi) is 4.44. The van der Waals surface area contributed by atoms with Crippen molar-refractivity contribution in [1.29, 1.82) is 0 Å². The van der Waals surface area contributed by atoms with Gasteiger partial charge in [0, 0.05) is 24.3 Å². The van der Waals surface area contributed by atoms with Crippen LogP contribution < -0.4 is 10.7 Å². The van der Waals surface area contributed by atoms with E-state index in [1.165, 1.54) is 0 Å². The summed E-state index contributed by atoms with van der Waals surface area (Å²) in [5.41, 5.74) is 6.71. The summed E-state index contributed by atoms with van der Waals surface area (Å²) in [6.07, 6.45) is 1.69. The maximum absolute atomic E-state index is 13.0. The van der Waals surface area contributed by atoms with Crippen molar-refractivity contribution in [3.63, 3.8) is 0 Å². The molecule has 0 bridgehead atoms. The Morgan fingerprint density at radius 1 is 1.31 bits per heavy atom. The van der Waals surface area contributed by atoms with Gasteiger partial charge in [-0.3, -0.25) is 15.3 Å². The zero-order valence-corrected chi connectivity index (χ0v) is 14.6. The quantitative estimate of drug-likeness (QED) is 0.664. The third-order valence-electron chi connectivity index (χ3n) is 4.63. The number of aromatic amines is 1. The van der Waals surface area contributed by atoms with E-state index in [0.717, 1.165) is 24.1 Å². The van der Waals surface area contributed by atoms with Crippen LogP contribution in [0.1, 0.15) is 35.0 Å². The normalized spacial score (nSPS) is 16.3. The Morgan fingerprint density at radius 3 is 2.88 bits per heavy atom. The Bertz CT molecular complexity index is 855. The number of hydrogen-bond donors (Lipinski definition) is 3. The molecular formula is C18H21N5O3. The fraction of sp³-hybridized carbons (Fsp3) is 0.389. The Hall–Kier alpha value is -2.71. The number of carbonyl (C=O) groups is 2. The molecule has 2 aromatic rings. The number of H-pyrrole nitrogens is 1. The molecule has 0 radical (unpaired) electrons. The Morgan fingerprint density at radius 2 is 2.12 bits per heavy atom.